The van der Waals surface area contributed by atoms with Gasteiger partial charge in [-0.15, -0.1) is 0 Å². The average Bonchev–Trinajstić information content (AvgIpc) is 3.04. The van der Waals surface area contributed by atoms with Gasteiger partial charge in [-0.1, -0.05) is 26.0 Å². The van der Waals surface area contributed by atoms with Crippen LogP contribution in [-0.2, 0) is 6.54 Å². The topological polar surface area (TPSA) is 62.3 Å². The van der Waals surface area contributed by atoms with Gasteiger partial charge in [0.25, 0.3) is 11.8 Å². The Kier molecular flexibility index (Phi) is 6.37. The number of imide groups is 1. The van der Waals surface area contributed by atoms with Crippen LogP contribution < -0.4 is 14.4 Å². The molecule has 2 aliphatic rings. The van der Waals surface area contributed by atoms with Gasteiger partial charge in [0.1, 0.15) is 0 Å². The van der Waals surface area contributed by atoms with Crippen LogP contribution in [0, 0.1) is 5.92 Å². The number of hydrogen-bond donors (Lipinski definition) is 0. The number of nitrogens with zero attached hydrogens (tertiary/aromatic N) is 3. The number of ether oxygens (including phenoxy) is 2. The fourth-order valence-electron chi connectivity index (χ4n) is 4.57. The van der Waals surface area contributed by atoms with Crippen molar-refractivity contribution < 1.29 is 19.1 Å². The van der Waals surface area contributed by atoms with Crippen LogP contribution in [0.3, 0.4) is 0 Å². The molecule has 2 amide bonds. The second-order valence-electron chi connectivity index (χ2n) is 8.77. The van der Waals surface area contributed by atoms with Crippen LogP contribution in [0.15, 0.2) is 36.4 Å². The molecule has 2 aromatic carbocycles. The molecule has 7 heteroatoms. The summed E-state index contributed by atoms with van der Waals surface area (Å²) < 4.78 is 10.6. The quantitative estimate of drug-likeness (QED) is 0.620. The van der Waals surface area contributed by atoms with Crippen LogP contribution in [0.2, 0.25) is 0 Å². The molecule has 170 valence electrons. The number of anilines is 1. The number of carbonyl (C=O) groups is 2. The van der Waals surface area contributed by atoms with Crippen molar-refractivity contribution >= 4 is 17.5 Å². The number of rotatable bonds is 7. The molecule has 1 fully saturated rings. The van der Waals surface area contributed by atoms with Gasteiger partial charge in [0.2, 0.25) is 0 Å². The van der Waals surface area contributed by atoms with Crippen molar-refractivity contribution in [1.29, 1.82) is 0 Å². The third kappa shape index (κ3) is 4.17. The first-order chi connectivity index (χ1) is 15.4. The molecule has 7 nitrogen and oxygen atoms in total. The number of benzene rings is 2. The smallest absolute Gasteiger partial charge is 0.263 e. The molecule has 32 heavy (non-hydrogen) atoms. The molecule has 2 heterocycles. The molecule has 0 radical (unpaired) electrons. The van der Waals surface area contributed by atoms with E-state index >= 15 is 0 Å². The van der Waals surface area contributed by atoms with Crippen molar-refractivity contribution in [2.24, 2.45) is 5.92 Å². The molecule has 2 aromatic rings. The van der Waals surface area contributed by atoms with Crippen molar-refractivity contribution in [2.75, 3.05) is 51.8 Å². The minimum absolute atomic E-state index is 0.189. The van der Waals surface area contributed by atoms with Gasteiger partial charge in [0.05, 0.1) is 37.6 Å². The highest BCUT2D eigenvalue weighted by Crippen LogP contribution is 2.34. The molecule has 0 saturated carbocycles. The summed E-state index contributed by atoms with van der Waals surface area (Å²) in [6, 6.07) is 11.0. The average molecular weight is 438 g/mol. The second kappa shape index (κ2) is 9.20. The first-order valence-corrected chi connectivity index (χ1v) is 11.1. The van der Waals surface area contributed by atoms with E-state index in [-0.39, 0.29) is 18.4 Å². The Labute approximate surface area is 189 Å². The third-order valence-corrected chi connectivity index (χ3v) is 6.10. The van der Waals surface area contributed by atoms with Gasteiger partial charge in [-0.2, -0.15) is 0 Å². The van der Waals surface area contributed by atoms with Crippen molar-refractivity contribution in [3.63, 3.8) is 0 Å². The molecule has 0 atom stereocenters. The molecule has 0 aliphatic carbocycles. The van der Waals surface area contributed by atoms with Gasteiger partial charge < -0.3 is 14.4 Å². The molecule has 0 N–H and O–H groups in total. The predicted octanol–water partition coefficient (Wildman–Crippen LogP) is 3.28. The summed E-state index contributed by atoms with van der Waals surface area (Å²) in [4.78, 5) is 32.5. The van der Waals surface area contributed by atoms with E-state index in [1.807, 2.05) is 18.2 Å². The van der Waals surface area contributed by atoms with E-state index in [9.17, 15) is 9.59 Å². The summed E-state index contributed by atoms with van der Waals surface area (Å²) in [5.74, 6) is 1.33. The van der Waals surface area contributed by atoms with Gasteiger partial charge in [0, 0.05) is 32.7 Å². The van der Waals surface area contributed by atoms with Crippen LogP contribution in [0.25, 0.3) is 0 Å². The monoisotopic (exact) mass is 437 g/mol. The molecule has 0 unspecified atom stereocenters. The Morgan fingerprint density at radius 1 is 0.906 bits per heavy atom. The first kappa shape index (κ1) is 22.1. The lowest BCUT2D eigenvalue weighted by Gasteiger charge is -2.37. The van der Waals surface area contributed by atoms with Crippen LogP contribution >= 0.6 is 0 Å². The summed E-state index contributed by atoms with van der Waals surface area (Å²) in [5.41, 5.74) is 2.67. The van der Waals surface area contributed by atoms with Gasteiger partial charge in [0.15, 0.2) is 11.5 Å². The molecule has 0 aromatic heterocycles. The number of hydrogen-bond acceptors (Lipinski definition) is 6. The SMILES string of the molecule is COc1ccc(CN2C(=O)c3cccc(N4CCN(CC(C)C)CC4)c3C2=O)cc1OC. The molecule has 2 aliphatic heterocycles. The number of carbonyl (C=O) groups excluding carboxylic acids is 2. The zero-order chi connectivity index (χ0) is 22.8. The van der Waals surface area contributed by atoms with Crippen molar-refractivity contribution in [3.05, 3.63) is 53.1 Å². The Morgan fingerprint density at radius 2 is 1.62 bits per heavy atom. The van der Waals surface area contributed by atoms with Crippen LogP contribution in [0.1, 0.15) is 40.1 Å². The van der Waals surface area contributed by atoms with Gasteiger partial charge >= 0.3 is 0 Å². The van der Waals surface area contributed by atoms with Gasteiger partial charge in [-0.05, 0) is 35.7 Å². The van der Waals surface area contributed by atoms with E-state index < -0.39 is 0 Å². The summed E-state index contributed by atoms with van der Waals surface area (Å²) in [5, 5.41) is 0. The van der Waals surface area contributed by atoms with Gasteiger partial charge in [-0.25, -0.2) is 0 Å². The molecular weight excluding hydrogens is 406 g/mol. The summed E-state index contributed by atoms with van der Waals surface area (Å²) in [6.45, 7) is 9.34. The Morgan fingerprint density at radius 3 is 2.28 bits per heavy atom. The maximum absolute atomic E-state index is 13.4. The fourth-order valence-corrected chi connectivity index (χ4v) is 4.57. The second-order valence-corrected chi connectivity index (χ2v) is 8.77. The van der Waals surface area contributed by atoms with E-state index in [4.69, 9.17) is 9.47 Å². The van der Waals surface area contributed by atoms with Crippen LogP contribution in [0.5, 0.6) is 11.5 Å². The molecule has 4 rings (SSSR count). The van der Waals surface area contributed by atoms with E-state index in [0.717, 1.165) is 44.0 Å². The van der Waals surface area contributed by atoms with Crippen LogP contribution in [-0.4, -0.2) is 68.6 Å². The van der Waals surface area contributed by atoms with E-state index in [1.54, 1.807) is 32.4 Å². The van der Waals surface area contributed by atoms with Gasteiger partial charge in [-0.3, -0.25) is 19.4 Å². The lowest BCUT2D eigenvalue weighted by Crippen LogP contribution is -2.47. The summed E-state index contributed by atoms with van der Waals surface area (Å²) in [7, 11) is 3.14. The Hall–Kier alpha value is -3.06. The number of methoxy groups -OCH3 is 2. The number of amides is 2. The zero-order valence-electron chi connectivity index (χ0n) is 19.3. The zero-order valence-corrected chi connectivity index (χ0v) is 19.3. The third-order valence-electron chi connectivity index (χ3n) is 6.10. The molecule has 1 saturated heterocycles. The number of piperazine rings is 1. The minimum Gasteiger partial charge on any atom is -0.493 e. The lowest BCUT2D eigenvalue weighted by molar-refractivity contribution is 0.0642. The van der Waals surface area contributed by atoms with Crippen LogP contribution in [0.4, 0.5) is 5.69 Å². The number of fused-ring (bicyclic) bond motifs is 1. The summed E-state index contributed by atoms with van der Waals surface area (Å²) >= 11 is 0. The normalized spacial score (nSPS) is 16.7. The summed E-state index contributed by atoms with van der Waals surface area (Å²) in [6.07, 6.45) is 0. The van der Waals surface area contributed by atoms with E-state index in [0.29, 0.717) is 28.5 Å². The molecule has 0 spiro atoms. The largest absolute Gasteiger partial charge is 0.493 e. The maximum atomic E-state index is 13.4. The van der Waals surface area contributed by atoms with Crippen molar-refractivity contribution in [1.82, 2.24) is 9.80 Å². The minimum atomic E-state index is -0.250. The maximum Gasteiger partial charge on any atom is 0.263 e. The molecular formula is C25H31N3O4. The Balaban J connectivity index is 1.55. The standard InChI is InChI=1S/C25H31N3O4/c1-17(2)15-26-10-12-27(13-11-26)20-7-5-6-19-23(20)25(30)28(24(19)29)16-18-8-9-21(31-3)22(14-18)32-4/h5-9,14,17H,10-13,15-16H2,1-4H3. The fraction of sp³-hybridized carbons (Fsp3) is 0.440. The highest BCUT2D eigenvalue weighted by atomic mass is 16.5. The predicted molar refractivity (Wildman–Crippen MR) is 124 cm³/mol. The lowest BCUT2D eigenvalue weighted by atomic mass is 10.1. The van der Waals surface area contributed by atoms with E-state index in [2.05, 4.69) is 23.6 Å². The van der Waals surface area contributed by atoms with Crippen molar-refractivity contribution in [3.8, 4) is 11.5 Å². The molecule has 0 bridgehead atoms. The highest BCUT2D eigenvalue weighted by Gasteiger charge is 2.38. The first-order valence-electron chi connectivity index (χ1n) is 11.1. The van der Waals surface area contributed by atoms with E-state index in [1.165, 1.54) is 4.90 Å². The highest BCUT2D eigenvalue weighted by molar-refractivity contribution is 6.23. The Bertz CT molecular complexity index is 1010. The van der Waals surface area contributed by atoms with Crippen molar-refractivity contribution in [2.45, 2.75) is 20.4 Å².